The molecule has 0 bridgehead atoms. The highest BCUT2D eigenvalue weighted by molar-refractivity contribution is 5.87. The van der Waals surface area contributed by atoms with Crippen LogP contribution in [-0.4, -0.2) is 28.2 Å². The molecule has 0 aliphatic heterocycles. The second kappa shape index (κ2) is 6.09. The van der Waals surface area contributed by atoms with Crippen molar-refractivity contribution in [3.63, 3.8) is 0 Å². The van der Waals surface area contributed by atoms with Crippen LogP contribution >= 0.6 is 12.4 Å². The molecular formula is C10H12ClNO4. The fourth-order valence-corrected chi connectivity index (χ4v) is 1.12. The second-order valence-electron chi connectivity index (χ2n) is 3.15. The van der Waals surface area contributed by atoms with Crippen LogP contribution in [0, 0.1) is 0 Å². The summed E-state index contributed by atoms with van der Waals surface area (Å²) in [6, 6.07) is 5.01. The number of aromatic carboxylic acids is 1. The number of aliphatic carboxylic acids is 1. The van der Waals surface area contributed by atoms with Crippen molar-refractivity contribution >= 4 is 24.3 Å². The summed E-state index contributed by atoms with van der Waals surface area (Å²) in [5.74, 6) is -2.08. The third-order valence-electron chi connectivity index (χ3n) is 1.97. The number of benzene rings is 1. The van der Waals surface area contributed by atoms with E-state index < -0.39 is 18.0 Å². The summed E-state index contributed by atoms with van der Waals surface area (Å²) >= 11 is 0. The molecule has 1 atom stereocenters. The van der Waals surface area contributed by atoms with Gasteiger partial charge in [0.25, 0.3) is 0 Å². The number of halogens is 1. The molecule has 0 aliphatic carbocycles. The molecule has 0 amide bonds. The molecule has 5 nitrogen and oxygen atoms in total. The number of carboxylic acid groups (broad SMARTS) is 2. The van der Waals surface area contributed by atoms with Crippen LogP contribution in [0.2, 0.25) is 0 Å². The summed E-state index contributed by atoms with van der Waals surface area (Å²) in [5.41, 5.74) is 6.20. The van der Waals surface area contributed by atoms with Gasteiger partial charge in [-0.2, -0.15) is 0 Å². The Bertz CT molecular complexity index is 377. The lowest BCUT2D eigenvalue weighted by atomic mass is 10.0. The summed E-state index contributed by atoms with van der Waals surface area (Å²) in [4.78, 5) is 21.0. The molecule has 1 aromatic carbocycles. The first-order valence-corrected chi connectivity index (χ1v) is 4.31. The van der Waals surface area contributed by atoms with Gasteiger partial charge in [-0.05, 0) is 24.1 Å². The van der Waals surface area contributed by atoms with Gasteiger partial charge in [-0.15, -0.1) is 12.4 Å². The Morgan fingerprint density at radius 1 is 1.19 bits per heavy atom. The molecule has 0 aromatic heterocycles. The highest BCUT2D eigenvalue weighted by atomic mass is 35.5. The van der Waals surface area contributed by atoms with E-state index in [9.17, 15) is 9.59 Å². The van der Waals surface area contributed by atoms with E-state index in [1.807, 2.05) is 0 Å². The quantitative estimate of drug-likeness (QED) is 0.727. The van der Waals surface area contributed by atoms with Crippen molar-refractivity contribution in [3.05, 3.63) is 35.4 Å². The second-order valence-corrected chi connectivity index (χ2v) is 3.15. The average Bonchev–Trinajstić information content (AvgIpc) is 2.18. The van der Waals surface area contributed by atoms with Crippen LogP contribution < -0.4 is 5.73 Å². The maximum Gasteiger partial charge on any atom is 0.335 e. The lowest BCUT2D eigenvalue weighted by Crippen LogP contribution is -2.32. The third-order valence-corrected chi connectivity index (χ3v) is 1.97. The highest BCUT2D eigenvalue weighted by Gasteiger charge is 2.12. The lowest BCUT2D eigenvalue weighted by molar-refractivity contribution is -0.138. The number of rotatable bonds is 4. The zero-order chi connectivity index (χ0) is 11.4. The first-order valence-electron chi connectivity index (χ1n) is 4.31. The monoisotopic (exact) mass is 245 g/mol. The summed E-state index contributed by atoms with van der Waals surface area (Å²) in [7, 11) is 0. The van der Waals surface area contributed by atoms with E-state index in [1.54, 1.807) is 12.1 Å². The minimum atomic E-state index is -1.07. The van der Waals surface area contributed by atoms with Crippen molar-refractivity contribution in [2.24, 2.45) is 5.73 Å². The van der Waals surface area contributed by atoms with Crippen molar-refractivity contribution < 1.29 is 19.8 Å². The van der Waals surface area contributed by atoms with Crippen molar-refractivity contribution in [2.75, 3.05) is 0 Å². The standard InChI is InChI=1S/C10H11NO4.ClH/c11-8(10(14)15)5-6-1-3-7(4-2-6)9(12)13;/h1-4,8H,5,11H2,(H,12,13)(H,14,15);1H/t8-;/m1./s1. The van der Waals surface area contributed by atoms with E-state index in [1.165, 1.54) is 12.1 Å². The van der Waals surface area contributed by atoms with Crippen molar-refractivity contribution in [2.45, 2.75) is 12.5 Å². The Morgan fingerprint density at radius 3 is 2.06 bits per heavy atom. The van der Waals surface area contributed by atoms with Crippen LogP contribution in [0.1, 0.15) is 15.9 Å². The van der Waals surface area contributed by atoms with E-state index in [0.29, 0.717) is 5.56 Å². The first-order chi connectivity index (χ1) is 7.00. The number of carboxylic acids is 2. The molecule has 6 heteroatoms. The molecule has 0 saturated heterocycles. The van der Waals surface area contributed by atoms with Crippen molar-refractivity contribution in [3.8, 4) is 0 Å². The smallest absolute Gasteiger partial charge is 0.335 e. The van der Waals surface area contributed by atoms with Gasteiger partial charge in [0, 0.05) is 0 Å². The highest BCUT2D eigenvalue weighted by Crippen LogP contribution is 2.06. The largest absolute Gasteiger partial charge is 0.480 e. The van der Waals surface area contributed by atoms with E-state index in [-0.39, 0.29) is 24.4 Å². The summed E-state index contributed by atoms with van der Waals surface area (Å²) < 4.78 is 0. The van der Waals surface area contributed by atoms with Gasteiger partial charge in [0.15, 0.2) is 0 Å². The van der Waals surface area contributed by atoms with Crippen LogP contribution in [0.4, 0.5) is 0 Å². The molecule has 1 rings (SSSR count). The molecule has 0 unspecified atom stereocenters. The molecule has 0 saturated carbocycles. The van der Waals surface area contributed by atoms with Crippen LogP contribution in [0.5, 0.6) is 0 Å². The van der Waals surface area contributed by atoms with Gasteiger partial charge in [-0.3, -0.25) is 4.79 Å². The van der Waals surface area contributed by atoms with Gasteiger partial charge in [0.05, 0.1) is 5.56 Å². The minimum absolute atomic E-state index is 0. The Hall–Kier alpha value is -1.59. The number of hydrogen-bond donors (Lipinski definition) is 3. The molecule has 0 heterocycles. The fourth-order valence-electron chi connectivity index (χ4n) is 1.12. The summed E-state index contributed by atoms with van der Waals surface area (Å²) in [5, 5.41) is 17.2. The van der Waals surface area contributed by atoms with Crippen molar-refractivity contribution in [1.82, 2.24) is 0 Å². The van der Waals surface area contributed by atoms with Gasteiger partial charge < -0.3 is 15.9 Å². The van der Waals surface area contributed by atoms with E-state index in [4.69, 9.17) is 15.9 Å². The van der Waals surface area contributed by atoms with Gasteiger partial charge in [0.2, 0.25) is 0 Å². The molecule has 4 N–H and O–H groups in total. The third kappa shape index (κ3) is 3.88. The van der Waals surface area contributed by atoms with Crippen molar-refractivity contribution in [1.29, 1.82) is 0 Å². The molecule has 0 aliphatic rings. The molecule has 88 valence electrons. The normalized spacial score (nSPS) is 11.3. The summed E-state index contributed by atoms with van der Waals surface area (Å²) in [6.07, 6.45) is 0.190. The van der Waals surface area contributed by atoms with Crippen LogP contribution in [-0.2, 0) is 11.2 Å². The Balaban J connectivity index is 0.00000225. The average molecular weight is 246 g/mol. The van der Waals surface area contributed by atoms with Crippen LogP contribution in [0.3, 0.4) is 0 Å². The van der Waals surface area contributed by atoms with Gasteiger partial charge in [-0.1, -0.05) is 12.1 Å². The number of hydrogen-bond acceptors (Lipinski definition) is 3. The maximum atomic E-state index is 10.5. The topological polar surface area (TPSA) is 101 Å². The lowest BCUT2D eigenvalue weighted by Gasteiger charge is -2.06. The minimum Gasteiger partial charge on any atom is -0.480 e. The number of nitrogens with two attached hydrogens (primary N) is 1. The van der Waals surface area contributed by atoms with Crippen LogP contribution in [0.25, 0.3) is 0 Å². The Labute approximate surface area is 98.3 Å². The molecule has 16 heavy (non-hydrogen) atoms. The van der Waals surface area contributed by atoms with Gasteiger partial charge in [0.1, 0.15) is 6.04 Å². The van der Waals surface area contributed by atoms with E-state index in [0.717, 1.165) is 0 Å². The maximum absolute atomic E-state index is 10.5. The Morgan fingerprint density at radius 2 is 1.69 bits per heavy atom. The summed E-state index contributed by atoms with van der Waals surface area (Å²) in [6.45, 7) is 0. The van der Waals surface area contributed by atoms with Gasteiger partial charge >= 0.3 is 11.9 Å². The molecule has 0 fully saturated rings. The van der Waals surface area contributed by atoms with Gasteiger partial charge in [-0.25, -0.2) is 4.79 Å². The predicted octanol–water partition coefficient (Wildman–Crippen LogP) is 0.761. The van der Waals surface area contributed by atoms with E-state index in [2.05, 4.69) is 0 Å². The number of carbonyl (C=O) groups is 2. The molecule has 0 radical (unpaired) electrons. The fraction of sp³-hybridized carbons (Fsp3) is 0.200. The predicted molar refractivity (Wildman–Crippen MR) is 60.0 cm³/mol. The SMILES string of the molecule is Cl.N[C@H](Cc1ccc(C(=O)O)cc1)C(=O)O. The van der Waals surface area contributed by atoms with E-state index >= 15 is 0 Å². The molecule has 1 aromatic rings. The van der Waals surface area contributed by atoms with Crippen LogP contribution in [0.15, 0.2) is 24.3 Å². The molecular weight excluding hydrogens is 234 g/mol. The Kier molecular flexibility index (Phi) is 5.49. The first kappa shape index (κ1) is 14.4. The molecule has 0 spiro atoms. The zero-order valence-electron chi connectivity index (χ0n) is 8.29. The zero-order valence-corrected chi connectivity index (χ0v) is 9.11.